The molecule has 0 saturated carbocycles. The Morgan fingerprint density at radius 3 is 2.48 bits per heavy atom. The Morgan fingerprint density at radius 2 is 1.96 bits per heavy atom. The van der Waals surface area contributed by atoms with Crippen LogP contribution in [0.15, 0.2) is 23.5 Å². The lowest BCUT2D eigenvalue weighted by molar-refractivity contribution is -0.0496. The molecular weight excluding hydrogens is 500 g/mol. The van der Waals surface area contributed by atoms with Crippen LogP contribution in [0.25, 0.3) is 0 Å². The first-order valence-electron chi connectivity index (χ1n) is 8.22. The zero-order valence-electron chi connectivity index (χ0n) is 14.8. The first-order chi connectivity index (χ1) is 12.2. The molecule has 0 spiro atoms. The molecule has 2 heterocycles. The Hall–Kier alpha value is -1.09. The first kappa shape index (κ1) is 23.9. The van der Waals surface area contributed by atoms with Gasteiger partial charge in [-0.25, -0.2) is 8.42 Å². The first-order valence-corrected chi connectivity index (χ1v) is 9.66. The largest absolute Gasteiger partial charge is 0.511 e. The van der Waals surface area contributed by atoms with E-state index in [1.54, 1.807) is 17.9 Å². The van der Waals surface area contributed by atoms with Crippen molar-refractivity contribution in [3.63, 3.8) is 0 Å². The second-order valence-corrected chi connectivity index (χ2v) is 7.87. The summed E-state index contributed by atoms with van der Waals surface area (Å²) in [5, 5.41) is 10.3. The second kappa shape index (κ2) is 10.5. The molecule has 8 nitrogen and oxygen atoms in total. The Bertz CT molecular complexity index is 688. The molecule has 1 aliphatic heterocycles. The van der Waals surface area contributed by atoms with Gasteiger partial charge in [-0.05, 0) is 24.8 Å². The van der Waals surface area contributed by atoms with Crippen molar-refractivity contribution in [2.75, 3.05) is 33.2 Å². The number of sulfonamides is 1. The highest BCUT2D eigenvalue weighted by molar-refractivity contribution is 14.0. The molecule has 2 rings (SSSR count). The van der Waals surface area contributed by atoms with Crippen molar-refractivity contribution < 1.29 is 21.6 Å². The Labute approximate surface area is 173 Å². The average molecular weight is 524 g/mol. The molecule has 1 aromatic heterocycles. The predicted molar refractivity (Wildman–Crippen MR) is 106 cm³/mol. The summed E-state index contributed by atoms with van der Waals surface area (Å²) in [6, 6.07) is 1.83. The molecule has 1 aromatic rings. The number of hydrogen-bond acceptors (Lipinski definition) is 4. The van der Waals surface area contributed by atoms with Gasteiger partial charge in [-0.3, -0.25) is 9.67 Å². The van der Waals surface area contributed by atoms with Gasteiger partial charge in [0.2, 0.25) is 0 Å². The zero-order chi connectivity index (χ0) is 19.2. The van der Waals surface area contributed by atoms with E-state index in [9.17, 15) is 21.6 Å². The van der Waals surface area contributed by atoms with Gasteiger partial charge in [0.05, 0.1) is 6.54 Å². The lowest BCUT2D eigenvalue weighted by atomic mass is 9.98. The highest BCUT2D eigenvalue weighted by atomic mass is 127. The van der Waals surface area contributed by atoms with Gasteiger partial charge in [0.15, 0.2) is 5.96 Å². The SMILES string of the molecule is CN=C(NCCn1cccn1)NCC1CCN(S(=O)(=O)C(F)(F)F)CC1.I. The zero-order valence-corrected chi connectivity index (χ0v) is 18.0. The minimum Gasteiger partial charge on any atom is -0.356 e. The fraction of sp³-hybridized carbons (Fsp3) is 0.714. The molecule has 0 aliphatic carbocycles. The van der Waals surface area contributed by atoms with Crippen molar-refractivity contribution >= 4 is 40.0 Å². The number of hydrogen-bond donors (Lipinski definition) is 2. The molecule has 156 valence electrons. The molecule has 1 fully saturated rings. The quantitative estimate of drug-likeness (QED) is 0.332. The van der Waals surface area contributed by atoms with Gasteiger partial charge >= 0.3 is 15.5 Å². The van der Waals surface area contributed by atoms with E-state index in [-0.39, 0.29) is 43.0 Å². The summed E-state index contributed by atoms with van der Waals surface area (Å²) in [6.45, 7) is 1.55. The van der Waals surface area contributed by atoms with Crippen molar-refractivity contribution in [2.24, 2.45) is 10.9 Å². The summed E-state index contributed by atoms with van der Waals surface area (Å²) < 4.78 is 62.8. The highest BCUT2D eigenvalue weighted by Gasteiger charge is 2.50. The molecule has 0 amide bonds. The monoisotopic (exact) mass is 524 g/mol. The summed E-state index contributed by atoms with van der Waals surface area (Å²) >= 11 is 0. The number of nitrogens with one attached hydrogen (secondary N) is 2. The Balaban J connectivity index is 0.00000364. The van der Waals surface area contributed by atoms with Crippen molar-refractivity contribution in [3.05, 3.63) is 18.5 Å². The predicted octanol–water partition coefficient (Wildman–Crippen LogP) is 1.23. The van der Waals surface area contributed by atoms with Crippen LogP contribution in [0.4, 0.5) is 13.2 Å². The van der Waals surface area contributed by atoms with Gasteiger partial charge in [0.1, 0.15) is 0 Å². The number of aliphatic imine (C=N–C) groups is 1. The molecule has 27 heavy (non-hydrogen) atoms. The summed E-state index contributed by atoms with van der Waals surface area (Å²) in [5.74, 6) is 0.668. The normalized spacial score (nSPS) is 17.4. The third kappa shape index (κ3) is 6.78. The summed E-state index contributed by atoms with van der Waals surface area (Å²) in [5.41, 5.74) is -5.24. The van der Waals surface area contributed by atoms with Crippen LogP contribution in [0.5, 0.6) is 0 Å². The van der Waals surface area contributed by atoms with E-state index in [4.69, 9.17) is 0 Å². The van der Waals surface area contributed by atoms with Crippen molar-refractivity contribution in [2.45, 2.75) is 24.9 Å². The van der Waals surface area contributed by atoms with E-state index >= 15 is 0 Å². The van der Waals surface area contributed by atoms with Crippen LogP contribution in [0, 0.1) is 5.92 Å². The van der Waals surface area contributed by atoms with Gasteiger partial charge in [-0.1, -0.05) is 0 Å². The molecule has 0 unspecified atom stereocenters. The van der Waals surface area contributed by atoms with Crippen molar-refractivity contribution in [1.29, 1.82) is 0 Å². The molecule has 0 bridgehead atoms. The minimum atomic E-state index is -5.24. The number of halogens is 4. The lowest BCUT2D eigenvalue weighted by Gasteiger charge is -2.31. The molecule has 0 radical (unpaired) electrons. The van der Waals surface area contributed by atoms with Gasteiger partial charge in [-0.15, -0.1) is 24.0 Å². The number of guanidine groups is 1. The van der Waals surface area contributed by atoms with Gasteiger partial charge in [-0.2, -0.15) is 22.6 Å². The number of nitrogens with zero attached hydrogens (tertiary/aromatic N) is 4. The maximum absolute atomic E-state index is 12.6. The van der Waals surface area contributed by atoms with E-state index < -0.39 is 15.5 Å². The fourth-order valence-electron chi connectivity index (χ4n) is 2.68. The number of alkyl halides is 3. The maximum atomic E-state index is 12.6. The third-order valence-electron chi connectivity index (χ3n) is 4.18. The third-order valence-corrected chi connectivity index (χ3v) is 5.81. The molecular formula is C14H24F3IN6O2S. The summed E-state index contributed by atoms with van der Waals surface area (Å²) in [7, 11) is -3.60. The summed E-state index contributed by atoms with van der Waals surface area (Å²) in [6.07, 6.45) is 4.28. The number of rotatable bonds is 6. The molecule has 13 heteroatoms. The molecule has 0 atom stereocenters. The summed E-state index contributed by atoms with van der Waals surface area (Å²) in [4.78, 5) is 4.09. The van der Waals surface area contributed by atoms with Crippen molar-refractivity contribution in [1.82, 2.24) is 24.7 Å². The van der Waals surface area contributed by atoms with Crippen LogP contribution in [-0.2, 0) is 16.6 Å². The average Bonchev–Trinajstić information content (AvgIpc) is 3.10. The van der Waals surface area contributed by atoms with Crippen LogP contribution in [0.1, 0.15) is 12.8 Å². The fourth-order valence-corrected chi connectivity index (χ4v) is 3.67. The van der Waals surface area contributed by atoms with Gasteiger partial charge < -0.3 is 10.6 Å². The molecule has 0 aromatic carbocycles. The molecule has 1 saturated heterocycles. The van der Waals surface area contributed by atoms with Gasteiger partial charge in [0.25, 0.3) is 0 Å². The van der Waals surface area contributed by atoms with Crippen LogP contribution in [-0.4, -0.2) is 67.2 Å². The molecule has 1 aliphatic rings. The van der Waals surface area contributed by atoms with Crippen molar-refractivity contribution in [3.8, 4) is 0 Å². The Morgan fingerprint density at radius 1 is 1.30 bits per heavy atom. The smallest absolute Gasteiger partial charge is 0.356 e. The van der Waals surface area contributed by atoms with Crippen LogP contribution in [0.3, 0.4) is 0 Å². The van der Waals surface area contributed by atoms with Crippen LogP contribution < -0.4 is 10.6 Å². The number of piperidine rings is 1. The van der Waals surface area contributed by atoms with E-state index in [0.717, 1.165) is 0 Å². The van der Waals surface area contributed by atoms with E-state index in [1.165, 1.54) is 0 Å². The van der Waals surface area contributed by atoms with Gasteiger partial charge in [0, 0.05) is 45.6 Å². The maximum Gasteiger partial charge on any atom is 0.511 e. The second-order valence-electron chi connectivity index (χ2n) is 5.94. The molecule has 2 N–H and O–H groups in total. The number of aromatic nitrogens is 2. The highest BCUT2D eigenvalue weighted by Crippen LogP contribution is 2.30. The van der Waals surface area contributed by atoms with E-state index in [2.05, 4.69) is 20.7 Å². The van der Waals surface area contributed by atoms with Crippen LogP contribution >= 0.6 is 24.0 Å². The standard InChI is InChI=1S/C14H23F3N6O2S.HI/c1-18-13(19-6-10-22-7-2-5-21-22)20-11-12-3-8-23(9-4-12)26(24,25)14(15,16)17;/h2,5,7,12H,3-4,6,8-11H2,1H3,(H2,18,19,20);1H. The van der Waals surface area contributed by atoms with Crippen LogP contribution in [0.2, 0.25) is 0 Å². The minimum absolute atomic E-state index is 0. The van der Waals surface area contributed by atoms with E-state index in [0.29, 0.717) is 42.7 Å². The lowest BCUT2D eigenvalue weighted by Crippen LogP contribution is -2.47. The topological polar surface area (TPSA) is 91.6 Å². The van der Waals surface area contributed by atoms with E-state index in [1.807, 2.05) is 12.3 Å². The Kier molecular flexibility index (Phi) is 9.27.